The van der Waals surface area contributed by atoms with Crippen LogP contribution < -0.4 is 0 Å². The van der Waals surface area contributed by atoms with Gasteiger partial charge >= 0.3 is 0 Å². The molecule has 0 N–H and O–H groups in total. The van der Waals surface area contributed by atoms with Crippen molar-refractivity contribution in [3.63, 3.8) is 0 Å². The number of likely N-dealkylation sites (tertiary alicyclic amines) is 1. The van der Waals surface area contributed by atoms with Gasteiger partial charge in [-0.3, -0.25) is 4.79 Å². The lowest BCUT2D eigenvalue weighted by Gasteiger charge is -2.34. The molecule has 4 heterocycles. The van der Waals surface area contributed by atoms with Crippen molar-refractivity contribution in [3.8, 4) is 5.82 Å². The van der Waals surface area contributed by atoms with Gasteiger partial charge in [-0.2, -0.15) is 9.61 Å². The first-order valence-electron chi connectivity index (χ1n) is 12.0. The summed E-state index contributed by atoms with van der Waals surface area (Å²) in [6, 6.07) is 14.4. The number of benzene rings is 1. The molecule has 3 aromatic heterocycles. The summed E-state index contributed by atoms with van der Waals surface area (Å²) in [7, 11) is 0. The van der Waals surface area contributed by atoms with Gasteiger partial charge in [-0.05, 0) is 70.6 Å². The number of aryl methyl sites for hydroxylation is 2. The maximum atomic E-state index is 13.5. The molecule has 1 atom stereocenters. The molecule has 0 saturated carbocycles. The van der Waals surface area contributed by atoms with Gasteiger partial charge in [0.05, 0.1) is 11.6 Å². The number of hydrogen-bond donors (Lipinski definition) is 0. The van der Waals surface area contributed by atoms with Crippen molar-refractivity contribution in [1.82, 2.24) is 34.5 Å². The minimum absolute atomic E-state index is 0.182. The second-order valence-electron chi connectivity index (χ2n) is 9.39. The lowest BCUT2D eigenvalue weighted by molar-refractivity contribution is -0.133. The van der Waals surface area contributed by atoms with Gasteiger partial charge in [0.25, 0.3) is 0 Å². The summed E-state index contributed by atoms with van der Waals surface area (Å²) in [6.07, 6.45) is 3.19. The lowest BCUT2D eigenvalue weighted by atomic mass is 9.89. The first kappa shape index (κ1) is 22.3. The normalized spacial score (nSPS) is 15.7. The molecular weight excluding hydrogens is 426 g/mol. The van der Waals surface area contributed by atoms with Crippen LogP contribution in [-0.2, 0) is 11.2 Å². The Morgan fingerprint density at radius 2 is 1.74 bits per heavy atom. The molecule has 1 saturated heterocycles. The summed E-state index contributed by atoms with van der Waals surface area (Å²) >= 11 is 0. The van der Waals surface area contributed by atoms with Crippen LogP contribution in [0.15, 0.2) is 42.5 Å². The molecule has 8 heteroatoms. The Kier molecular flexibility index (Phi) is 5.89. The van der Waals surface area contributed by atoms with Gasteiger partial charge in [-0.1, -0.05) is 30.3 Å². The molecule has 0 bridgehead atoms. The molecular formula is C26H31N7O. The van der Waals surface area contributed by atoms with Gasteiger partial charge < -0.3 is 4.90 Å². The maximum absolute atomic E-state index is 13.5. The molecule has 34 heavy (non-hydrogen) atoms. The van der Waals surface area contributed by atoms with E-state index in [0.29, 0.717) is 17.4 Å². The number of nitrogens with zero attached hydrogens (tertiary/aromatic N) is 7. The Hall–Kier alpha value is -3.55. The van der Waals surface area contributed by atoms with Crippen molar-refractivity contribution in [2.45, 2.75) is 52.9 Å². The molecule has 1 unspecified atom stereocenters. The van der Waals surface area contributed by atoms with Crippen molar-refractivity contribution in [2.75, 3.05) is 13.1 Å². The molecule has 1 aliphatic heterocycles. The number of fused-ring (bicyclic) bond motifs is 1. The number of carbonyl (C=O) groups excluding carboxylic acids is 1. The Balaban J connectivity index is 1.30. The Morgan fingerprint density at radius 3 is 2.47 bits per heavy atom. The van der Waals surface area contributed by atoms with E-state index >= 15 is 0 Å². The third-order valence-corrected chi connectivity index (χ3v) is 7.07. The van der Waals surface area contributed by atoms with Gasteiger partial charge in [0.2, 0.25) is 5.91 Å². The highest BCUT2D eigenvalue weighted by Crippen LogP contribution is 2.29. The van der Waals surface area contributed by atoms with E-state index in [2.05, 4.69) is 45.6 Å². The molecule has 0 aliphatic carbocycles. The van der Waals surface area contributed by atoms with Crippen molar-refractivity contribution in [1.29, 1.82) is 0 Å². The van der Waals surface area contributed by atoms with Gasteiger partial charge in [0, 0.05) is 24.3 Å². The fourth-order valence-corrected chi connectivity index (χ4v) is 5.21. The van der Waals surface area contributed by atoms with Crippen molar-refractivity contribution in [2.24, 2.45) is 5.92 Å². The molecule has 5 rings (SSSR count). The number of aromatic nitrogens is 6. The van der Waals surface area contributed by atoms with Crippen LogP contribution in [0.2, 0.25) is 0 Å². The summed E-state index contributed by atoms with van der Waals surface area (Å²) in [4.78, 5) is 15.5. The minimum Gasteiger partial charge on any atom is -0.342 e. The predicted octanol–water partition coefficient (Wildman–Crippen LogP) is 3.82. The Labute approximate surface area is 199 Å². The van der Waals surface area contributed by atoms with E-state index in [9.17, 15) is 4.79 Å². The fraction of sp³-hybridized carbons (Fsp3) is 0.423. The van der Waals surface area contributed by atoms with Crippen LogP contribution in [0.1, 0.15) is 54.0 Å². The zero-order chi connectivity index (χ0) is 23.8. The van der Waals surface area contributed by atoms with Gasteiger partial charge in [0.15, 0.2) is 17.3 Å². The Morgan fingerprint density at radius 1 is 1.00 bits per heavy atom. The second kappa shape index (κ2) is 9.00. The first-order chi connectivity index (χ1) is 16.4. The summed E-state index contributed by atoms with van der Waals surface area (Å²) in [5, 5.41) is 17.6. The molecule has 0 spiro atoms. The number of piperidine rings is 1. The highest BCUT2D eigenvalue weighted by atomic mass is 16.2. The van der Waals surface area contributed by atoms with Crippen LogP contribution in [0.25, 0.3) is 11.5 Å². The number of rotatable bonds is 5. The smallest absolute Gasteiger partial charge is 0.229 e. The average molecular weight is 458 g/mol. The summed E-state index contributed by atoms with van der Waals surface area (Å²) in [6.45, 7) is 9.48. The van der Waals surface area contributed by atoms with Crippen molar-refractivity contribution < 1.29 is 4.79 Å². The number of amides is 1. The Bertz CT molecular complexity index is 1320. The average Bonchev–Trinajstić information content (AvgIpc) is 3.37. The standard InChI is InChI=1S/C26H31N7O/c1-17(26(34)31-14-12-22(13-15-31)16-21-8-6-5-7-9-21)25-18(2)29-32(19(25)3)24-11-10-23-28-27-20(4)33(23)30-24/h5-11,17,22H,12-16H2,1-4H3. The van der Waals surface area contributed by atoms with Crippen LogP contribution >= 0.6 is 0 Å². The minimum atomic E-state index is -0.250. The van der Waals surface area contributed by atoms with Crippen molar-refractivity contribution >= 4 is 11.6 Å². The monoisotopic (exact) mass is 457 g/mol. The molecule has 1 fully saturated rings. The zero-order valence-electron chi connectivity index (χ0n) is 20.3. The van der Waals surface area contributed by atoms with E-state index < -0.39 is 0 Å². The molecule has 4 aromatic rings. The summed E-state index contributed by atoms with van der Waals surface area (Å²) in [5.41, 5.74) is 4.86. The van der Waals surface area contributed by atoms with E-state index in [1.54, 1.807) is 4.52 Å². The number of hydrogen-bond acceptors (Lipinski definition) is 5. The molecule has 1 aliphatic rings. The SMILES string of the molecule is Cc1nn(-c2ccc3nnc(C)n3n2)c(C)c1C(C)C(=O)N1CCC(Cc2ccccc2)CC1. The van der Waals surface area contributed by atoms with E-state index in [0.717, 1.165) is 55.1 Å². The maximum Gasteiger partial charge on any atom is 0.229 e. The third kappa shape index (κ3) is 4.08. The quantitative estimate of drug-likeness (QED) is 0.455. The lowest BCUT2D eigenvalue weighted by Crippen LogP contribution is -2.41. The largest absolute Gasteiger partial charge is 0.342 e. The second-order valence-corrected chi connectivity index (χ2v) is 9.39. The first-order valence-corrected chi connectivity index (χ1v) is 12.0. The third-order valence-electron chi connectivity index (χ3n) is 7.07. The molecule has 1 amide bonds. The highest BCUT2D eigenvalue weighted by Gasteiger charge is 2.30. The van der Waals surface area contributed by atoms with E-state index in [1.807, 2.05) is 49.4 Å². The van der Waals surface area contributed by atoms with Crippen LogP contribution in [0, 0.1) is 26.7 Å². The van der Waals surface area contributed by atoms with Crippen LogP contribution in [0.3, 0.4) is 0 Å². The predicted molar refractivity (Wildman–Crippen MR) is 130 cm³/mol. The highest BCUT2D eigenvalue weighted by molar-refractivity contribution is 5.84. The molecule has 1 aromatic carbocycles. The van der Waals surface area contributed by atoms with E-state index in [-0.39, 0.29) is 11.8 Å². The van der Waals surface area contributed by atoms with Crippen LogP contribution in [0.5, 0.6) is 0 Å². The summed E-state index contributed by atoms with van der Waals surface area (Å²) in [5.74, 6) is 1.97. The zero-order valence-corrected chi connectivity index (χ0v) is 20.3. The van der Waals surface area contributed by atoms with Crippen LogP contribution in [0.4, 0.5) is 0 Å². The summed E-state index contributed by atoms with van der Waals surface area (Å²) < 4.78 is 3.53. The molecule has 176 valence electrons. The van der Waals surface area contributed by atoms with Crippen molar-refractivity contribution in [3.05, 3.63) is 70.8 Å². The topological polar surface area (TPSA) is 81.2 Å². The van der Waals surface area contributed by atoms with Gasteiger partial charge in [-0.15, -0.1) is 15.3 Å². The van der Waals surface area contributed by atoms with Gasteiger partial charge in [-0.25, -0.2) is 4.68 Å². The van der Waals surface area contributed by atoms with E-state index in [1.165, 1.54) is 5.56 Å². The molecule has 0 radical (unpaired) electrons. The number of carbonyl (C=O) groups is 1. The van der Waals surface area contributed by atoms with Gasteiger partial charge in [0.1, 0.15) is 0 Å². The molecule has 8 nitrogen and oxygen atoms in total. The van der Waals surface area contributed by atoms with Crippen LogP contribution in [-0.4, -0.2) is 53.5 Å². The fourth-order valence-electron chi connectivity index (χ4n) is 5.21. The van der Waals surface area contributed by atoms with E-state index in [4.69, 9.17) is 5.10 Å².